The third-order valence-corrected chi connectivity index (χ3v) is 3.98. The van der Waals surface area contributed by atoms with Crippen LogP contribution in [-0.4, -0.2) is 35.1 Å². The Morgan fingerprint density at radius 3 is 2.65 bits per heavy atom. The molecule has 0 aliphatic carbocycles. The molecule has 0 saturated carbocycles. The normalized spacial score (nSPS) is 11.9. The number of hydrogen-bond donors (Lipinski definition) is 2. The van der Waals surface area contributed by atoms with E-state index >= 15 is 0 Å². The van der Waals surface area contributed by atoms with Crippen LogP contribution in [0, 0.1) is 20.8 Å². The van der Waals surface area contributed by atoms with E-state index in [1.807, 2.05) is 0 Å². The number of furan rings is 1. The second kappa shape index (κ2) is 6.49. The molecule has 138 valence electrons. The first-order valence-electron chi connectivity index (χ1n) is 7.92. The number of alkyl halides is 2. The number of nitrogens with two attached hydrogens (primary N) is 1. The Hall–Kier alpha value is -2.81. The van der Waals surface area contributed by atoms with E-state index < -0.39 is 24.9 Å². The Bertz CT molecular complexity index is 978. The molecule has 0 bridgehead atoms. The summed E-state index contributed by atoms with van der Waals surface area (Å²) in [4.78, 5) is 16.9. The number of carbonyl (C=O) groups excluding carboxylic acids is 1. The number of amides is 1. The topological polar surface area (TPSA) is 107 Å². The zero-order valence-corrected chi connectivity index (χ0v) is 14.5. The molecule has 0 aliphatic heterocycles. The van der Waals surface area contributed by atoms with Crippen LogP contribution in [0.5, 0.6) is 0 Å². The molecule has 3 aromatic rings. The van der Waals surface area contributed by atoms with Gasteiger partial charge in [-0.3, -0.25) is 4.79 Å². The second-order valence-electron chi connectivity index (χ2n) is 6.07. The SMILES string of the molecule is Cc1cc(-c2cc(C(=O)NCC(F)(F)CN)c3c(C)noc3n2)c(C)o1. The number of aromatic nitrogens is 2. The Kier molecular flexibility index (Phi) is 4.49. The smallest absolute Gasteiger partial charge is 0.277 e. The maximum atomic E-state index is 13.4. The average Bonchev–Trinajstić information content (AvgIpc) is 3.14. The van der Waals surface area contributed by atoms with Gasteiger partial charge in [0.15, 0.2) is 0 Å². The van der Waals surface area contributed by atoms with Crippen molar-refractivity contribution in [2.24, 2.45) is 5.73 Å². The minimum absolute atomic E-state index is 0.147. The van der Waals surface area contributed by atoms with E-state index in [1.165, 1.54) is 6.07 Å². The monoisotopic (exact) mass is 364 g/mol. The first kappa shape index (κ1) is 18.0. The molecule has 1 amide bonds. The fourth-order valence-corrected chi connectivity index (χ4v) is 2.67. The molecule has 0 atom stereocenters. The summed E-state index contributed by atoms with van der Waals surface area (Å²) in [5.74, 6) is -2.57. The van der Waals surface area contributed by atoms with E-state index in [1.54, 1.807) is 26.8 Å². The zero-order chi connectivity index (χ0) is 19.1. The molecule has 3 aromatic heterocycles. The van der Waals surface area contributed by atoms with Crippen LogP contribution in [0.1, 0.15) is 27.6 Å². The summed E-state index contributed by atoms with van der Waals surface area (Å²) in [7, 11) is 0. The molecule has 3 rings (SSSR count). The van der Waals surface area contributed by atoms with Crippen LogP contribution < -0.4 is 11.1 Å². The van der Waals surface area contributed by atoms with E-state index in [-0.39, 0.29) is 11.3 Å². The molecule has 0 fully saturated rings. The van der Waals surface area contributed by atoms with Gasteiger partial charge in [0.1, 0.15) is 11.5 Å². The molecule has 0 saturated heterocycles. The lowest BCUT2D eigenvalue weighted by molar-refractivity contribution is 0.0119. The summed E-state index contributed by atoms with van der Waals surface area (Å²) in [5, 5.41) is 6.40. The predicted octanol–water partition coefficient (Wildman–Crippen LogP) is 2.73. The van der Waals surface area contributed by atoms with E-state index in [9.17, 15) is 13.6 Å². The van der Waals surface area contributed by atoms with E-state index in [4.69, 9.17) is 14.7 Å². The molecule has 0 spiro atoms. The van der Waals surface area contributed by atoms with Crippen molar-refractivity contribution >= 4 is 17.0 Å². The molecule has 7 nitrogen and oxygen atoms in total. The molecule has 0 aromatic carbocycles. The molecule has 26 heavy (non-hydrogen) atoms. The van der Waals surface area contributed by atoms with Gasteiger partial charge in [0.2, 0.25) is 0 Å². The van der Waals surface area contributed by atoms with Crippen molar-refractivity contribution in [3.8, 4) is 11.3 Å². The summed E-state index contributed by atoms with van der Waals surface area (Å²) in [6.07, 6.45) is 0. The van der Waals surface area contributed by atoms with Crippen molar-refractivity contribution in [1.82, 2.24) is 15.5 Å². The summed E-state index contributed by atoms with van der Waals surface area (Å²) >= 11 is 0. The van der Waals surface area contributed by atoms with Crippen molar-refractivity contribution in [3.63, 3.8) is 0 Å². The molecule has 3 N–H and O–H groups in total. The van der Waals surface area contributed by atoms with Gasteiger partial charge in [-0.15, -0.1) is 0 Å². The van der Waals surface area contributed by atoms with Crippen LogP contribution in [0.25, 0.3) is 22.4 Å². The van der Waals surface area contributed by atoms with E-state index in [0.29, 0.717) is 33.9 Å². The highest BCUT2D eigenvalue weighted by molar-refractivity contribution is 6.07. The van der Waals surface area contributed by atoms with Gasteiger partial charge < -0.3 is 20.0 Å². The lowest BCUT2D eigenvalue weighted by atomic mass is 10.1. The number of nitrogens with zero attached hydrogens (tertiary/aromatic N) is 2. The van der Waals surface area contributed by atoms with Crippen molar-refractivity contribution in [2.75, 3.05) is 13.1 Å². The minimum atomic E-state index is -3.19. The van der Waals surface area contributed by atoms with Gasteiger partial charge in [0.05, 0.1) is 35.4 Å². The number of fused-ring (bicyclic) bond motifs is 1. The van der Waals surface area contributed by atoms with Crippen LogP contribution in [0.15, 0.2) is 21.1 Å². The van der Waals surface area contributed by atoms with Gasteiger partial charge in [-0.25, -0.2) is 13.8 Å². The molecule has 0 radical (unpaired) electrons. The molecule has 0 aliphatic rings. The van der Waals surface area contributed by atoms with E-state index in [0.717, 1.165) is 0 Å². The van der Waals surface area contributed by atoms with E-state index in [2.05, 4.69) is 15.5 Å². The largest absolute Gasteiger partial charge is 0.466 e. The van der Waals surface area contributed by atoms with Crippen LogP contribution in [0.2, 0.25) is 0 Å². The summed E-state index contributed by atoms with van der Waals surface area (Å²) in [6, 6.07) is 3.29. The number of halogens is 2. The van der Waals surface area contributed by atoms with Crippen molar-refractivity contribution in [3.05, 3.63) is 34.9 Å². The van der Waals surface area contributed by atoms with Crippen LogP contribution >= 0.6 is 0 Å². The first-order valence-corrected chi connectivity index (χ1v) is 7.92. The Balaban J connectivity index is 2.07. The number of rotatable bonds is 5. The highest BCUT2D eigenvalue weighted by atomic mass is 19.3. The van der Waals surface area contributed by atoms with Gasteiger partial charge in [-0.05, 0) is 32.9 Å². The highest BCUT2D eigenvalue weighted by Crippen LogP contribution is 2.30. The Labute approximate surface area is 147 Å². The van der Waals surface area contributed by atoms with Gasteiger partial charge >= 0.3 is 0 Å². The third-order valence-electron chi connectivity index (χ3n) is 3.98. The van der Waals surface area contributed by atoms with Gasteiger partial charge in [-0.1, -0.05) is 5.16 Å². The minimum Gasteiger partial charge on any atom is -0.466 e. The van der Waals surface area contributed by atoms with Gasteiger partial charge in [-0.2, -0.15) is 0 Å². The Morgan fingerprint density at radius 1 is 1.31 bits per heavy atom. The lowest BCUT2D eigenvalue weighted by Gasteiger charge is -2.15. The Morgan fingerprint density at radius 2 is 2.04 bits per heavy atom. The number of carbonyl (C=O) groups is 1. The van der Waals surface area contributed by atoms with Gasteiger partial charge in [0.25, 0.3) is 17.5 Å². The molecule has 3 heterocycles. The molecular weight excluding hydrogens is 346 g/mol. The summed E-state index contributed by atoms with van der Waals surface area (Å²) < 4.78 is 37.4. The zero-order valence-electron chi connectivity index (χ0n) is 14.5. The highest BCUT2D eigenvalue weighted by Gasteiger charge is 2.28. The van der Waals surface area contributed by atoms with Gasteiger partial charge in [0, 0.05) is 5.56 Å². The fourth-order valence-electron chi connectivity index (χ4n) is 2.67. The molecule has 0 unspecified atom stereocenters. The second-order valence-corrected chi connectivity index (χ2v) is 6.07. The third kappa shape index (κ3) is 3.30. The van der Waals surface area contributed by atoms with Crippen molar-refractivity contribution in [1.29, 1.82) is 0 Å². The number of aryl methyl sites for hydroxylation is 3. The quantitative estimate of drug-likeness (QED) is 0.721. The maximum Gasteiger partial charge on any atom is 0.277 e. The van der Waals surface area contributed by atoms with Crippen LogP contribution in [0.4, 0.5) is 8.78 Å². The van der Waals surface area contributed by atoms with Crippen LogP contribution in [-0.2, 0) is 0 Å². The number of pyridine rings is 1. The summed E-state index contributed by atoms with van der Waals surface area (Å²) in [5.41, 5.74) is 6.85. The maximum absolute atomic E-state index is 13.4. The molecule has 9 heteroatoms. The predicted molar refractivity (Wildman–Crippen MR) is 90.1 cm³/mol. The van der Waals surface area contributed by atoms with Crippen molar-refractivity contribution in [2.45, 2.75) is 26.7 Å². The van der Waals surface area contributed by atoms with Crippen molar-refractivity contribution < 1.29 is 22.5 Å². The standard InChI is InChI=1S/C17H18F2N4O3/c1-8-4-11(10(3)25-8)13-5-12(14-9(2)23-26-16(14)22-13)15(24)21-7-17(18,19)6-20/h4-5H,6-7,20H2,1-3H3,(H,21,24). The summed E-state index contributed by atoms with van der Waals surface area (Å²) in [6.45, 7) is 3.48. The number of hydrogen-bond acceptors (Lipinski definition) is 6. The fraction of sp³-hybridized carbons (Fsp3) is 0.353. The average molecular weight is 364 g/mol. The molecular formula is C17H18F2N4O3. The number of nitrogens with one attached hydrogen (secondary N) is 1. The van der Waals surface area contributed by atoms with Crippen LogP contribution in [0.3, 0.4) is 0 Å². The first-order chi connectivity index (χ1) is 12.2. The lowest BCUT2D eigenvalue weighted by Crippen LogP contribution is -2.41.